The fourth-order valence-corrected chi connectivity index (χ4v) is 3.86. The Morgan fingerprint density at radius 1 is 1.53 bits per heavy atom. The van der Waals surface area contributed by atoms with E-state index in [2.05, 4.69) is 21.0 Å². The highest BCUT2D eigenvalue weighted by atomic mass is 79.9. The number of aromatic nitrogens is 2. The number of fused-ring (bicyclic) bond motifs is 1. The molecule has 3 unspecified atom stereocenters. The van der Waals surface area contributed by atoms with Gasteiger partial charge in [0.05, 0.1) is 16.4 Å². The maximum absolute atomic E-state index is 10.3. The van der Waals surface area contributed by atoms with E-state index in [1.165, 1.54) is 19.3 Å². The van der Waals surface area contributed by atoms with Crippen LogP contribution in [-0.4, -0.2) is 14.9 Å². The van der Waals surface area contributed by atoms with Crippen LogP contribution in [0.1, 0.15) is 31.1 Å². The predicted molar refractivity (Wildman–Crippen MR) is 60.2 cm³/mol. The molecule has 2 saturated carbocycles. The molecule has 3 nitrogen and oxygen atoms in total. The summed E-state index contributed by atoms with van der Waals surface area (Å²) in [5.74, 6) is 2.05. The summed E-state index contributed by atoms with van der Waals surface area (Å²) < 4.78 is 2.71. The maximum atomic E-state index is 10.3. The molecule has 15 heavy (non-hydrogen) atoms. The minimum atomic E-state index is -0.331. The van der Waals surface area contributed by atoms with Gasteiger partial charge in [0.25, 0.3) is 0 Å². The van der Waals surface area contributed by atoms with Gasteiger partial charge in [0.2, 0.25) is 0 Å². The molecule has 1 aromatic heterocycles. The molecule has 4 heteroatoms. The highest BCUT2D eigenvalue weighted by Crippen LogP contribution is 2.62. The molecule has 0 bridgehead atoms. The van der Waals surface area contributed by atoms with Crippen LogP contribution in [0.25, 0.3) is 0 Å². The van der Waals surface area contributed by atoms with Gasteiger partial charge in [0, 0.05) is 7.05 Å². The van der Waals surface area contributed by atoms with Crippen molar-refractivity contribution in [2.75, 3.05) is 0 Å². The van der Waals surface area contributed by atoms with E-state index in [0.29, 0.717) is 5.92 Å². The van der Waals surface area contributed by atoms with Gasteiger partial charge < -0.3 is 5.11 Å². The Labute approximate surface area is 97.6 Å². The molecule has 0 saturated heterocycles. The van der Waals surface area contributed by atoms with Crippen molar-refractivity contribution in [1.29, 1.82) is 0 Å². The summed E-state index contributed by atoms with van der Waals surface area (Å²) >= 11 is 3.45. The number of aryl methyl sites for hydroxylation is 1. The Morgan fingerprint density at radius 2 is 2.20 bits per heavy atom. The van der Waals surface area contributed by atoms with Crippen molar-refractivity contribution < 1.29 is 5.11 Å². The van der Waals surface area contributed by atoms with Crippen LogP contribution in [0.5, 0.6) is 0 Å². The molecule has 2 fully saturated rings. The Bertz CT molecular complexity index is 360. The lowest BCUT2D eigenvalue weighted by Gasteiger charge is -2.13. The van der Waals surface area contributed by atoms with E-state index in [0.717, 1.165) is 22.0 Å². The van der Waals surface area contributed by atoms with Crippen LogP contribution in [-0.2, 0) is 7.05 Å². The van der Waals surface area contributed by atoms with Crippen LogP contribution in [0.2, 0.25) is 0 Å². The van der Waals surface area contributed by atoms with E-state index in [1.54, 1.807) is 10.9 Å². The number of halogens is 1. The van der Waals surface area contributed by atoms with Crippen molar-refractivity contribution >= 4 is 15.9 Å². The first-order valence-electron chi connectivity index (χ1n) is 5.55. The van der Waals surface area contributed by atoms with Gasteiger partial charge >= 0.3 is 0 Å². The molecule has 3 rings (SSSR count). The zero-order valence-corrected chi connectivity index (χ0v) is 10.3. The van der Waals surface area contributed by atoms with Gasteiger partial charge in [-0.25, -0.2) is 0 Å². The SMILES string of the molecule is Cn1ncc(Br)c1C(O)C1C2CCCC21. The van der Waals surface area contributed by atoms with Crippen molar-refractivity contribution in [2.45, 2.75) is 25.4 Å². The largest absolute Gasteiger partial charge is 0.386 e. The first-order valence-corrected chi connectivity index (χ1v) is 6.35. The monoisotopic (exact) mass is 270 g/mol. The average molecular weight is 271 g/mol. The fourth-order valence-electron chi connectivity index (χ4n) is 3.28. The second-order valence-electron chi connectivity index (χ2n) is 4.78. The molecule has 0 aromatic carbocycles. The van der Waals surface area contributed by atoms with E-state index in [9.17, 15) is 5.11 Å². The van der Waals surface area contributed by atoms with Crippen LogP contribution in [0, 0.1) is 17.8 Å². The summed E-state index contributed by atoms with van der Waals surface area (Å²) in [6.45, 7) is 0. The highest BCUT2D eigenvalue weighted by Gasteiger charge is 2.56. The first-order chi connectivity index (χ1) is 7.20. The van der Waals surface area contributed by atoms with E-state index < -0.39 is 0 Å². The van der Waals surface area contributed by atoms with Crippen molar-refractivity contribution in [2.24, 2.45) is 24.8 Å². The maximum Gasteiger partial charge on any atom is 0.100 e. The van der Waals surface area contributed by atoms with Gasteiger partial charge in [-0.15, -0.1) is 0 Å². The third kappa shape index (κ3) is 1.38. The van der Waals surface area contributed by atoms with Crippen molar-refractivity contribution in [3.63, 3.8) is 0 Å². The third-order valence-electron chi connectivity index (χ3n) is 4.06. The minimum Gasteiger partial charge on any atom is -0.386 e. The number of rotatable bonds is 2. The van der Waals surface area contributed by atoms with Gasteiger partial charge in [-0.3, -0.25) is 4.68 Å². The molecule has 0 amide bonds. The lowest BCUT2D eigenvalue weighted by atomic mass is 10.0. The zero-order valence-electron chi connectivity index (χ0n) is 8.73. The quantitative estimate of drug-likeness (QED) is 0.896. The fraction of sp³-hybridized carbons (Fsp3) is 0.727. The van der Waals surface area contributed by atoms with Crippen LogP contribution in [0.3, 0.4) is 0 Å². The number of aliphatic hydroxyl groups excluding tert-OH is 1. The van der Waals surface area contributed by atoms with Gasteiger partial charge in [-0.2, -0.15) is 5.10 Å². The summed E-state index contributed by atoms with van der Waals surface area (Å²) in [4.78, 5) is 0. The van der Waals surface area contributed by atoms with Crippen LogP contribution >= 0.6 is 15.9 Å². The molecule has 1 aromatic rings. The Kier molecular flexibility index (Phi) is 2.18. The summed E-state index contributed by atoms with van der Waals surface area (Å²) in [7, 11) is 1.89. The summed E-state index contributed by atoms with van der Waals surface area (Å²) in [6, 6.07) is 0. The predicted octanol–water partition coefficient (Wildman–Crippen LogP) is 2.26. The zero-order chi connectivity index (χ0) is 10.6. The Morgan fingerprint density at radius 3 is 2.73 bits per heavy atom. The van der Waals surface area contributed by atoms with Gasteiger partial charge in [-0.1, -0.05) is 6.42 Å². The van der Waals surface area contributed by atoms with E-state index in [-0.39, 0.29) is 6.10 Å². The lowest BCUT2D eigenvalue weighted by molar-refractivity contribution is 0.127. The Balaban J connectivity index is 1.83. The van der Waals surface area contributed by atoms with Crippen LogP contribution in [0.4, 0.5) is 0 Å². The minimum absolute atomic E-state index is 0.331. The van der Waals surface area contributed by atoms with Gasteiger partial charge in [0.15, 0.2) is 0 Å². The van der Waals surface area contributed by atoms with Crippen LogP contribution in [0.15, 0.2) is 10.7 Å². The number of aliphatic hydroxyl groups is 1. The molecule has 3 atom stereocenters. The molecule has 1 N–H and O–H groups in total. The second-order valence-corrected chi connectivity index (χ2v) is 5.64. The normalized spacial score (nSPS) is 35.3. The van der Waals surface area contributed by atoms with Crippen molar-refractivity contribution in [3.8, 4) is 0 Å². The third-order valence-corrected chi connectivity index (χ3v) is 4.67. The molecule has 0 radical (unpaired) electrons. The molecular weight excluding hydrogens is 256 g/mol. The van der Waals surface area contributed by atoms with Crippen LogP contribution < -0.4 is 0 Å². The van der Waals surface area contributed by atoms with E-state index in [1.807, 2.05) is 7.05 Å². The highest BCUT2D eigenvalue weighted by molar-refractivity contribution is 9.10. The number of hydrogen-bond acceptors (Lipinski definition) is 2. The summed E-state index contributed by atoms with van der Waals surface area (Å²) in [6.07, 6.45) is 5.40. The molecule has 0 aliphatic heterocycles. The molecule has 0 spiro atoms. The molecule has 82 valence electrons. The summed E-state index contributed by atoms with van der Waals surface area (Å²) in [5.41, 5.74) is 0.939. The number of nitrogens with zero attached hydrogens (tertiary/aromatic N) is 2. The lowest BCUT2D eigenvalue weighted by Crippen LogP contribution is -2.10. The molecular formula is C11H15BrN2O. The number of hydrogen-bond donors (Lipinski definition) is 1. The Hall–Kier alpha value is -0.350. The smallest absolute Gasteiger partial charge is 0.100 e. The van der Waals surface area contributed by atoms with Gasteiger partial charge in [-0.05, 0) is 46.5 Å². The van der Waals surface area contributed by atoms with Crippen molar-refractivity contribution in [3.05, 3.63) is 16.4 Å². The van der Waals surface area contributed by atoms with Gasteiger partial charge in [0.1, 0.15) is 6.10 Å². The van der Waals surface area contributed by atoms with E-state index >= 15 is 0 Å². The van der Waals surface area contributed by atoms with E-state index in [4.69, 9.17) is 0 Å². The molecule has 1 heterocycles. The molecule has 2 aliphatic rings. The standard InChI is InChI=1S/C11H15BrN2O/c1-14-10(8(12)5-13-14)11(15)9-6-3-2-4-7(6)9/h5-7,9,11,15H,2-4H2,1H3. The summed E-state index contributed by atoms with van der Waals surface area (Å²) in [5, 5.41) is 14.5. The topological polar surface area (TPSA) is 38.0 Å². The first kappa shape index (κ1) is 9.85. The second kappa shape index (κ2) is 3.32. The van der Waals surface area contributed by atoms with Crippen molar-refractivity contribution in [1.82, 2.24) is 9.78 Å². The molecule has 2 aliphatic carbocycles. The average Bonchev–Trinajstić information content (AvgIpc) is 2.58.